The minimum Gasteiger partial charge on any atom is -0.371 e. The number of aryl methyl sites for hydroxylation is 2. The summed E-state index contributed by atoms with van der Waals surface area (Å²) in [5.74, 6) is 0. The number of nitrogens with zero attached hydrogens (tertiary/aromatic N) is 2. The first-order chi connectivity index (χ1) is 17.1. The molecule has 2 nitrogen and oxygen atoms in total. The molecule has 2 aromatic carbocycles. The standard InChI is InChI=1S/C33H54N2/c1-7-13-21-34(22-14-8-2)32-19-17-28(26-30(32)11-5)25-29-18-20-33(31(12-6)27-29)35(23-15-9-3)24-16-10-4/h17-20,26-27H,7-16,21-25H2,1-6H3. The van der Waals surface area contributed by atoms with Gasteiger partial charge < -0.3 is 9.80 Å². The molecular formula is C33H54N2. The van der Waals surface area contributed by atoms with Crippen molar-refractivity contribution in [1.82, 2.24) is 0 Å². The van der Waals surface area contributed by atoms with Crippen LogP contribution >= 0.6 is 0 Å². The molecule has 0 saturated heterocycles. The molecule has 0 fully saturated rings. The highest BCUT2D eigenvalue weighted by Gasteiger charge is 2.13. The Balaban J connectivity index is 2.25. The van der Waals surface area contributed by atoms with Crippen LogP contribution in [0.5, 0.6) is 0 Å². The van der Waals surface area contributed by atoms with Crippen molar-refractivity contribution in [3.8, 4) is 0 Å². The zero-order valence-electron chi connectivity index (χ0n) is 24.0. The molecule has 0 amide bonds. The van der Waals surface area contributed by atoms with Crippen LogP contribution in [0.15, 0.2) is 36.4 Å². The first-order valence-electron chi connectivity index (χ1n) is 14.8. The molecule has 0 aliphatic rings. The summed E-state index contributed by atoms with van der Waals surface area (Å²) in [7, 11) is 0. The maximum absolute atomic E-state index is 2.64. The average molecular weight is 479 g/mol. The third kappa shape index (κ3) is 9.21. The van der Waals surface area contributed by atoms with Gasteiger partial charge in [0.15, 0.2) is 0 Å². The van der Waals surface area contributed by atoms with Crippen molar-refractivity contribution in [2.45, 2.75) is 112 Å². The van der Waals surface area contributed by atoms with Crippen molar-refractivity contribution in [3.63, 3.8) is 0 Å². The number of rotatable bonds is 18. The van der Waals surface area contributed by atoms with Crippen LogP contribution in [0.4, 0.5) is 11.4 Å². The lowest BCUT2D eigenvalue weighted by atomic mass is 9.97. The van der Waals surface area contributed by atoms with Crippen LogP contribution in [0, 0.1) is 0 Å². The van der Waals surface area contributed by atoms with Crippen LogP contribution in [0.2, 0.25) is 0 Å². The van der Waals surface area contributed by atoms with Gasteiger partial charge in [0.25, 0.3) is 0 Å². The summed E-state index contributed by atoms with van der Waals surface area (Å²) in [6.45, 7) is 18.5. The lowest BCUT2D eigenvalue weighted by molar-refractivity contribution is 0.675. The van der Waals surface area contributed by atoms with Crippen LogP contribution in [0.25, 0.3) is 0 Å². The lowest BCUT2D eigenvalue weighted by Crippen LogP contribution is -2.26. The van der Waals surface area contributed by atoms with Crippen LogP contribution < -0.4 is 9.80 Å². The van der Waals surface area contributed by atoms with E-state index in [2.05, 4.69) is 87.7 Å². The fourth-order valence-electron chi connectivity index (χ4n) is 5.02. The maximum Gasteiger partial charge on any atom is 0.0398 e. The summed E-state index contributed by atoms with van der Waals surface area (Å²) >= 11 is 0. The van der Waals surface area contributed by atoms with Gasteiger partial charge in [-0.2, -0.15) is 0 Å². The van der Waals surface area contributed by atoms with Gasteiger partial charge in [0.05, 0.1) is 0 Å². The third-order valence-electron chi connectivity index (χ3n) is 7.27. The number of unbranched alkanes of at least 4 members (excludes halogenated alkanes) is 4. The second-order valence-corrected chi connectivity index (χ2v) is 10.2. The Bertz CT molecular complexity index is 755. The first-order valence-corrected chi connectivity index (χ1v) is 14.8. The van der Waals surface area contributed by atoms with Crippen LogP contribution in [-0.4, -0.2) is 26.2 Å². The van der Waals surface area contributed by atoms with Gasteiger partial charge in [0, 0.05) is 37.6 Å². The van der Waals surface area contributed by atoms with Gasteiger partial charge in [0.1, 0.15) is 0 Å². The Morgan fingerprint density at radius 1 is 0.486 bits per heavy atom. The highest BCUT2D eigenvalue weighted by atomic mass is 15.1. The van der Waals surface area contributed by atoms with E-state index < -0.39 is 0 Å². The van der Waals surface area contributed by atoms with E-state index in [1.54, 1.807) is 0 Å². The van der Waals surface area contributed by atoms with Gasteiger partial charge in [0.2, 0.25) is 0 Å². The summed E-state index contributed by atoms with van der Waals surface area (Å²) in [4.78, 5) is 5.28. The monoisotopic (exact) mass is 478 g/mol. The molecule has 0 aromatic heterocycles. The van der Waals surface area contributed by atoms with Crippen LogP contribution in [-0.2, 0) is 19.3 Å². The Kier molecular flexibility index (Phi) is 13.9. The SMILES string of the molecule is CCCCN(CCCC)c1ccc(Cc2ccc(N(CCCC)CCCC)c(CC)c2)cc1CC. The first kappa shape index (κ1) is 29.3. The molecule has 196 valence electrons. The molecule has 2 aromatic rings. The minimum absolute atomic E-state index is 1.02. The molecule has 0 bridgehead atoms. The van der Waals surface area contributed by atoms with Gasteiger partial charge in [-0.1, -0.05) is 91.5 Å². The van der Waals surface area contributed by atoms with E-state index in [0.29, 0.717) is 0 Å². The zero-order chi connectivity index (χ0) is 25.5. The molecular weight excluding hydrogens is 424 g/mol. The Labute approximate surface area is 218 Å². The molecule has 0 saturated carbocycles. The summed E-state index contributed by atoms with van der Waals surface area (Å²) in [5.41, 5.74) is 8.83. The van der Waals surface area contributed by atoms with Gasteiger partial charge in [-0.3, -0.25) is 0 Å². The molecule has 0 spiro atoms. The van der Waals surface area contributed by atoms with E-state index >= 15 is 0 Å². The summed E-state index contributed by atoms with van der Waals surface area (Å²) in [6, 6.07) is 14.5. The van der Waals surface area contributed by atoms with Gasteiger partial charge in [-0.05, 0) is 79.3 Å². The maximum atomic E-state index is 2.64. The van der Waals surface area contributed by atoms with Crippen molar-refractivity contribution < 1.29 is 0 Å². The molecule has 0 atom stereocenters. The quantitative estimate of drug-likeness (QED) is 0.211. The normalized spacial score (nSPS) is 11.1. The molecule has 35 heavy (non-hydrogen) atoms. The Morgan fingerprint density at radius 2 is 0.829 bits per heavy atom. The molecule has 0 aliphatic carbocycles. The lowest BCUT2D eigenvalue weighted by Gasteiger charge is -2.28. The number of benzene rings is 2. The molecule has 2 rings (SSSR count). The van der Waals surface area contributed by atoms with Crippen molar-refractivity contribution in [1.29, 1.82) is 0 Å². The van der Waals surface area contributed by atoms with Crippen molar-refractivity contribution in [3.05, 3.63) is 58.7 Å². The van der Waals surface area contributed by atoms with E-state index in [1.165, 1.54) is 111 Å². The van der Waals surface area contributed by atoms with E-state index in [4.69, 9.17) is 0 Å². The van der Waals surface area contributed by atoms with Crippen molar-refractivity contribution in [2.75, 3.05) is 36.0 Å². The van der Waals surface area contributed by atoms with Gasteiger partial charge in [-0.15, -0.1) is 0 Å². The molecule has 0 N–H and O–H groups in total. The van der Waals surface area contributed by atoms with Crippen LogP contribution in [0.3, 0.4) is 0 Å². The van der Waals surface area contributed by atoms with Gasteiger partial charge in [-0.25, -0.2) is 0 Å². The van der Waals surface area contributed by atoms with E-state index in [-0.39, 0.29) is 0 Å². The highest BCUT2D eigenvalue weighted by molar-refractivity contribution is 5.57. The van der Waals surface area contributed by atoms with E-state index in [1.807, 2.05) is 0 Å². The predicted molar refractivity (Wildman–Crippen MR) is 159 cm³/mol. The van der Waals surface area contributed by atoms with Crippen LogP contribution in [0.1, 0.15) is 115 Å². The smallest absolute Gasteiger partial charge is 0.0398 e. The number of hydrogen-bond donors (Lipinski definition) is 0. The van der Waals surface area contributed by atoms with Crippen molar-refractivity contribution >= 4 is 11.4 Å². The van der Waals surface area contributed by atoms with Gasteiger partial charge >= 0.3 is 0 Å². The Hall–Kier alpha value is -1.96. The molecule has 0 unspecified atom stereocenters. The fourth-order valence-corrected chi connectivity index (χ4v) is 5.02. The fraction of sp³-hybridized carbons (Fsp3) is 0.636. The second kappa shape index (κ2) is 16.7. The number of anilines is 2. The predicted octanol–water partition coefficient (Wildman–Crippen LogP) is 9.22. The second-order valence-electron chi connectivity index (χ2n) is 10.2. The molecule has 2 heteroatoms. The highest BCUT2D eigenvalue weighted by Crippen LogP contribution is 2.28. The Morgan fingerprint density at radius 3 is 1.11 bits per heavy atom. The molecule has 0 radical (unpaired) electrons. The molecule has 0 aliphatic heterocycles. The van der Waals surface area contributed by atoms with Crippen molar-refractivity contribution in [2.24, 2.45) is 0 Å². The van der Waals surface area contributed by atoms with E-state index in [9.17, 15) is 0 Å². The summed E-state index contributed by atoms with van der Waals surface area (Å²) in [5, 5.41) is 0. The topological polar surface area (TPSA) is 6.48 Å². The molecule has 0 heterocycles. The summed E-state index contributed by atoms with van der Waals surface area (Å²) in [6.07, 6.45) is 13.3. The number of hydrogen-bond acceptors (Lipinski definition) is 2. The summed E-state index contributed by atoms with van der Waals surface area (Å²) < 4.78 is 0. The largest absolute Gasteiger partial charge is 0.371 e. The minimum atomic E-state index is 1.02. The average Bonchev–Trinajstić information content (AvgIpc) is 2.89. The van der Waals surface area contributed by atoms with E-state index in [0.717, 1.165) is 19.3 Å². The third-order valence-corrected chi connectivity index (χ3v) is 7.27. The zero-order valence-corrected chi connectivity index (χ0v) is 24.0.